The molecule has 0 aliphatic heterocycles. The van der Waals surface area contributed by atoms with E-state index in [2.05, 4.69) is 38.0 Å². The van der Waals surface area contributed by atoms with Crippen molar-refractivity contribution in [1.82, 2.24) is 25.2 Å². The molecule has 0 aliphatic rings. The van der Waals surface area contributed by atoms with Crippen molar-refractivity contribution in [2.45, 2.75) is 19.9 Å². The van der Waals surface area contributed by atoms with Gasteiger partial charge < -0.3 is 5.32 Å². The molecular formula is C20H19FN6. The van der Waals surface area contributed by atoms with Gasteiger partial charge in [-0.25, -0.2) is 9.07 Å². The molecule has 0 saturated heterocycles. The summed E-state index contributed by atoms with van der Waals surface area (Å²) in [6.45, 7) is 3.06. The number of aryl methyl sites for hydroxylation is 1. The minimum atomic E-state index is -0.257. The van der Waals surface area contributed by atoms with Gasteiger partial charge >= 0.3 is 0 Å². The van der Waals surface area contributed by atoms with E-state index in [0.717, 1.165) is 29.7 Å². The topological polar surface area (TPSA) is 68.5 Å². The molecule has 6 nitrogen and oxygen atoms in total. The molecule has 4 rings (SSSR count). The maximum absolute atomic E-state index is 13.2. The minimum absolute atomic E-state index is 0.257. The number of aromatic nitrogens is 5. The Morgan fingerprint density at radius 2 is 1.70 bits per heavy atom. The molecule has 1 N–H and O–H groups in total. The van der Waals surface area contributed by atoms with Gasteiger partial charge in [0.2, 0.25) is 0 Å². The Morgan fingerprint density at radius 1 is 0.926 bits per heavy atom. The first-order valence-electron chi connectivity index (χ1n) is 8.79. The van der Waals surface area contributed by atoms with Crippen LogP contribution in [0.4, 0.5) is 10.2 Å². The lowest BCUT2D eigenvalue weighted by atomic mass is 10.1. The fourth-order valence-corrected chi connectivity index (χ4v) is 2.97. The van der Waals surface area contributed by atoms with E-state index >= 15 is 0 Å². The molecule has 7 heteroatoms. The molecule has 136 valence electrons. The van der Waals surface area contributed by atoms with Crippen LogP contribution < -0.4 is 5.32 Å². The molecule has 0 unspecified atom stereocenters. The first-order chi connectivity index (χ1) is 13.2. The first kappa shape index (κ1) is 17.1. The lowest BCUT2D eigenvalue weighted by Crippen LogP contribution is -2.10. The number of nitrogens with one attached hydrogen (secondary N) is 1. The van der Waals surface area contributed by atoms with Gasteiger partial charge in [-0.1, -0.05) is 47.7 Å². The Hall–Kier alpha value is -3.35. The predicted octanol–water partition coefficient (Wildman–Crippen LogP) is 3.37. The summed E-state index contributed by atoms with van der Waals surface area (Å²) >= 11 is 0. The van der Waals surface area contributed by atoms with Gasteiger partial charge in [0, 0.05) is 6.54 Å². The van der Waals surface area contributed by atoms with Crippen LogP contribution in [0.1, 0.15) is 16.8 Å². The second kappa shape index (κ2) is 7.49. The summed E-state index contributed by atoms with van der Waals surface area (Å²) < 4.78 is 14.9. The standard InChI is InChI=1S/C20H19FN6/c1-14-18-19(27(26-24-18)13-16-7-9-17(21)10-8-16)20(25-23-14)22-12-11-15-5-3-2-4-6-15/h2-10H,11-13H2,1H3,(H,22,25). The van der Waals surface area contributed by atoms with E-state index in [9.17, 15) is 4.39 Å². The SMILES string of the molecule is Cc1nnc(NCCc2ccccc2)c2c1nnn2Cc1ccc(F)cc1. The molecule has 0 aliphatic carbocycles. The van der Waals surface area contributed by atoms with Gasteiger partial charge in [-0.15, -0.1) is 10.2 Å². The number of hydrogen-bond donors (Lipinski definition) is 1. The molecule has 2 heterocycles. The molecule has 0 amide bonds. The van der Waals surface area contributed by atoms with Gasteiger partial charge in [-0.2, -0.15) is 5.10 Å². The van der Waals surface area contributed by atoms with Crippen LogP contribution in [0.5, 0.6) is 0 Å². The summed E-state index contributed by atoms with van der Waals surface area (Å²) in [5.41, 5.74) is 4.44. The van der Waals surface area contributed by atoms with Crippen LogP contribution >= 0.6 is 0 Å². The van der Waals surface area contributed by atoms with Crippen molar-refractivity contribution in [3.63, 3.8) is 0 Å². The number of halogens is 1. The highest BCUT2D eigenvalue weighted by Gasteiger charge is 2.15. The summed E-state index contributed by atoms with van der Waals surface area (Å²) in [4.78, 5) is 0. The van der Waals surface area contributed by atoms with E-state index in [0.29, 0.717) is 17.9 Å². The third kappa shape index (κ3) is 3.76. The number of benzene rings is 2. The molecule has 2 aromatic carbocycles. The second-order valence-electron chi connectivity index (χ2n) is 6.37. The zero-order chi connectivity index (χ0) is 18.6. The second-order valence-corrected chi connectivity index (χ2v) is 6.37. The van der Waals surface area contributed by atoms with Gasteiger partial charge in [0.1, 0.15) is 16.9 Å². The van der Waals surface area contributed by atoms with Gasteiger partial charge in [0.25, 0.3) is 0 Å². The summed E-state index contributed by atoms with van der Waals surface area (Å²) in [5, 5.41) is 20.4. The smallest absolute Gasteiger partial charge is 0.176 e. The third-order valence-electron chi connectivity index (χ3n) is 4.40. The van der Waals surface area contributed by atoms with E-state index in [4.69, 9.17) is 0 Å². The van der Waals surface area contributed by atoms with E-state index in [1.807, 2.05) is 25.1 Å². The van der Waals surface area contributed by atoms with Gasteiger partial charge in [0.15, 0.2) is 5.82 Å². The Morgan fingerprint density at radius 3 is 2.48 bits per heavy atom. The number of fused-ring (bicyclic) bond motifs is 1. The van der Waals surface area contributed by atoms with Crippen LogP contribution in [0.25, 0.3) is 11.0 Å². The van der Waals surface area contributed by atoms with Crippen LogP contribution in [0.3, 0.4) is 0 Å². The van der Waals surface area contributed by atoms with Crippen molar-refractivity contribution in [3.05, 3.63) is 77.2 Å². The summed E-state index contributed by atoms with van der Waals surface area (Å²) in [7, 11) is 0. The quantitative estimate of drug-likeness (QED) is 0.570. The van der Waals surface area contributed by atoms with E-state index in [1.54, 1.807) is 16.8 Å². The van der Waals surface area contributed by atoms with Crippen molar-refractivity contribution in [1.29, 1.82) is 0 Å². The van der Waals surface area contributed by atoms with Crippen LogP contribution in [0, 0.1) is 12.7 Å². The lowest BCUT2D eigenvalue weighted by Gasteiger charge is -2.09. The number of hydrogen-bond acceptors (Lipinski definition) is 5. The van der Waals surface area contributed by atoms with Crippen molar-refractivity contribution in [2.24, 2.45) is 0 Å². The molecule has 0 atom stereocenters. The van der Waals surface area contributed by atoms with E-state index in [-0.39, 0.29) is 5.82 Å². The summed E-state index contributed by atoms with van der Waals surface area (Å²) in [5.74, 6) is 0.394. The monoisotopic (exact) mass is 362 g/mol. The van der Waals surface area contributed by atoms with Crippen LogP contribution in [-0.4, -0.2) is 31.7 Å². The number of rotatable bonds is 6. The highest BCUT2D eigenvalue weighted by Crippen LogP contribution is 2.21. The highest BCUT2D eigenvalue weighted by atomic mass is 19.1. The third-order valence-corrected chi connectivity index (χ3v) is 4.40. The predicted molar refractivity (Wildman–Crippen MR) is 102 cm³/mol. The molecule has 0 saturated carbocycles. The van der Waals surface area contributed by atoms with Crippen LogP contribution in [-0.2, 0) is 13.0 Å². The Labute approximate surface area is 156 Å². The zero-order valence-corrected chi connectivity index (χ0v) is 14.9. The van der Waals surface area contributed by atoms with Crippen molar-refractivity contribution < 1.29 is 4.39 Å². The molecule has 0 fully saturated rings. The number of nitrogens with zero attached hydrogens (tertiary/aromatic N) is 5. The molecule has 0 bridgehead atoms. The molecule has 0 radical (unpaired) electrons. The zero-order valence-electron chi connectivity index (χ0n) is 14.9. The van der Waals surface area contributed by atoms with E-state index in [1.165, 1.54) is 17.7 Å². The first-order valence-corrected chi connectivity index (χ1v) is 8.79. The lowest BCUT2D eigenvalue weighted by molar-refractivity contribution is 0.624. The molecule has 0 spiro atoms. The van der Waals surface area contributed by atoms with Crippen molar-refractivity contribution in [3.8, 4) is 0 Å². The Balaban J connectivity index is 1.59. The number of anilines is 1. The summed E-state index contributed by atoms with van der Waals surface area (Å²) in [6.07, 6.45) is 0.872. The average molecular weight is 362 g/mol. The fourth-order valence-electron chi connectivity index (χ4n) is 2.97. The normalized spacial score (nSPS) is 11.0. The molecule has 27 heavy (non-hydrogen) atoms. The minimum Gasteiger partial charge on any atom is -0.366 e. The van der Waals surface area contributed by atoms with Crippen molar-refractivity contribution >= 4 is 16.9 Å². The van der Waals surface area contributed by atoms with E-state index < -0.39 is 0 Å². The van der Waals surface area contributed by atoms with Crippen molar-refractivity contribution in [2.75, 3.05) is 11.9 Å². The van der Waals surface area contributed by atoms with Crippen LogP contribution in [0.15, 0.2) is 54.6 Å². The molecule has 4 aromatic rings. The maximum atomic E-state index is 13.2. The van der Waals surface area contributed by atoms with Gasteiger partial charge in [-0.3, -0.25) is 0 Å². The average Bonchev–Trinajstić information content (AvgIpc) is 3.11. The molecule has 2 aromatic heterocycles. The Bertz CT molecular complexity index is 1040. The highest BCUT2D eigenvalue weighted by molar-refractivity contribution is 5.86. The molecular weight excluding hydrogens is 343 g/mol. The largest absolute Gasteiger partial charge is 0.366 e. The maximum Gasteiger partial charge on any atom is 0.176 e. The fraction of sp³-hybridized carbons (Fsp3) is 0.200. The van der Waals surface area contributed by atoms with Gasteiger partial charge in [0.05, 0.1) is 12.2 Å². The van der Waals surface area contributed by atoms with Crippen LogP contribution in [0.2, 0.25) is 0 Å². The van der Waals surface area contributed by atoms with Gasteiger partial charge in [-0.05, 0) is 36.6 Å². The Kier molecular flexibility index (Phi) is 4.74. The summed E-state index contributed by atoms with van der Waals surface area (Å²) in [6, 6.07) is 16.6.